The van der Waals surface area contributed by atoms with Crippen LogP contribution in [0.3, 0.4) is 0 Å². The first-order valence-electron chi connectivity index (χ1n) is 5.68. The Bertz CT molecular complexity index is 565. The largest absolute Gasteiger partial charge is 0.483 e. The Morgan fingerprint density at radius 1 is 1.33 bits per heavy atom. The van der Waals surface area contributed by atoms with Gasteiger partial charge in [0.2, 0.25) is 5.91 Å². The number of carboxylic acids is 1. The Labute approximate surface area is 137 Å². The van der Waals surface area contributed by atoms with E-state index in [1.807, 2.05) is 0 Å². The molecule has 0 saturated heterocycles. The monoisotopic (exact) mass is 422 g/mol. The number of nitrogens with two attached hydrogens (primary N) is 1. The zero-order valence-electron chi connectivity index (χ0n) is 10.6. The van der Waals surface area contributed by atoms with Gasteiger partial charge < -0.3 is 20.9 Å². The van der Waals surface area contributed by atoms with Crippen LogP contribution in [0.25, 0.3) is 0 Å². The van der Waals surface area contributed by atoms with E-state index in [0.717, 1.165) is 4.47 Å². The third-order valence-electron chi connectivity index (χ3n) is 2.29. The summed E-state index contributed by atoms with van der Waals surface area (Å²) in [4.78, 5) is 33.2. The average molecular weight is 424 g/mol. The molecule has 0 aliphatic carbocycles. The predicted molar refractivity (Wildman–Crippen MR) is 80.7 cm³/mol. The molecule has 0 bridgehead atoms. The Balaban J connectivity index is 2.56. The number of hydrogen-bond donors (Lipinski definition) is 3. The number of ether oxygens (including phenoxy) is 1. The first-order chi connectivity index (χ1) is 9.79. The van der Waals surface area contributed by atoms with Crippen LogP contribution in [0.15, 0.2) is 27.1 Å². The lowest BCUT2D eigenvalue weighted by Gasteiger charge is -2.13. The van der Waals surface area contributed by atoms with Crippen LogP contribution in [-0.4, -0.2) is 35.5 Å². The third-order valence-corrected chi connectivity index (χ3v) is 3.40. The van der Waals surface area contributed by atoms with Crippen LogP contribution < -0.4 is 15.8 Å². The lowest BCUT2D eigenvalue weighted by molar-refractivity contribution is -0.143. The summed E-state index contributed by atoms with van der Waals surface area (Å²) in [6.07, 6.45) is -0.483. The van der Waals surface area contributed by atoms with Gasteiger partial charge in [-0.3, -0.25) is 9.59 Å². The van der Waals surface area contributed by atoms with E-state index in [0.29, 0.717) is 10.2 Å². The average Bonchev–Trinajstić information content (AvgIpc) is 2.36. The Hall–Kier alpha value is -1.61. The number of carbonyl (C=O) groups excluding carboxylic acids is 2. The fourth-order valence-corrected chi connectivity index (χ4v) is 2.53. The summed E-state index contributed by atoms with van der Waals surface area (Å²) in [7, 11) is 0. The SMILES string of the molecule is NC(=O)CC(NC(=O)COc1ccc(Br)cc1Br)C(=O)O. The van der Waals surface area contributed by atoms with Crippen molar-refractivity contribution in [2.24, 2.45) is 5.73 Å². The molecule has 0 aromatic heterocycles. The molecule has 0 aliphatic rings. The minimum atomic E-state index is -1.37. The summed E-state index contributed by atoms with van der Waals surface area (Å²) >= 11 is 6.54. The van der Waals surface area contributed by atoms with Gasteiger partial charge in [-0.05, 0) is 34.1 Å². The van der Waals surface area contributed by atoms with Crippen LogP contribution in [0.5, 0.6) is 5.75 Å². The molecule has 2 amide bonds. The second-order valence-electron chi connectivity index (χ2n) is 3.99. The number of halogens is 2. The van der Waals surface area contributed by atoms with Crippen LogP contribution in [0, 0.1) is 0 Å². The molecule has 1 atom stereocenters. The van der Waals surface area contributed by atoms with Crippen LogP contribution >= 0.6 is 31.9 Å². The maximum Gasteiger partial charge on any atom is 0.326 e. The van der Waals surface area contributed by atoms with Crippen LogP contribution in [-0.2, 0) is 14.4 Å². The molecule has 0 spiro atoms. The van der Waals surface area contributed by atoms with Crippen molar-refractivity contribution >= 4 is 49.6 Å². The molecule has 1 aromatic rings. The van der Waals surface area contributed by atoms with E-state index in [1.165, 1.54) is 0 Å². The topological polar surface area (TPSA) is 119 Å². The van der Waals surface area contributed by atoms with Gasteiger partial charge in [0.25, 0.3) is 5.91 Å². The van der Waals surface area contributed by atoms with E-state index in [1.54, 1.807) is 18.2 Å². The highest BCUT2D eigenvalue weighted by atomic mass is 79.9. The Kier molecular flexibility index (Phi) is 6.63. The smallest absolute Gasteiger partial charge is 0.326 e. The van der Waals surface area contributed by atoms with E-state index in [2.05, 4.69) is 37.2 Å². The number of aliphatic carboxylic acids is 1. The Morgan fingerprint density at radius 3 is 2.52 bits per heavy atom. The minimum Gasteiger partial charge on any atom is -0.483 e. The van der Waals surface area contributed by atoms with Crippen molar-refractivity contribution in [2.75, 3.05) is 6.61 Å². The van der Waals surface area contributed by atoms with Crippen molar-refractivity contribution < 1.29 is 24.2 Å². The number of rotatable bonds is 7. The number of benzene rings is 1. The quantitative estimate of drug-likeness (QED) is 0.605. The summed E-state index contributed by atoms with van der Waals surface area (Å²) in [5, 5.41) is 11.0. The molecule has 4 N–H and O–H groups in total. The normalized spacial score (nSPS) is 11.5. The lowest BCUT2D eigenvalue weighted by Crippen LogP contribution is -2.45. The molecule has 1 aromatic carbocycles. The van der Waals surface area contributed by atoms with E-state index in [9.17, 15) is 14.4 Å². The third kappa shape index (κ3) is 6.13. The van der Waals surface area contributed by atoms with Crippen molar-refractivity contribution in [3.8, 4) is 5.75 Å². The minimum absolute atomic E-state index is 0.386. The van der Waals surface area contributed by atoms with Gasteiger partial charge >= 0.3 is 5.97 Å². The number of amides is 2. The molecule has 0 radical (unpaired) electrons. The molecule has 114 valence electrons. The molecular weight excluding hydrogens is 412 g/mol. The van der Waals surface area contributed by atoms with Crippen LogP contribution in [0.4, 0.5) is 0 Å². The molecular formula is C12H12Br2N2O5. The number of carbonyl (C=O) groups is 3. The summed E-state index contributed by atoms with van der Waals surface area (Å²) < 4.78 is 6.72. The molecule has 0 saturated carbocycles. The van der Waals surface area contributed by atoms with Gasteiger partial charge in [0.15, 0.2) is 6.61 Å². The number of nitrogens with one attached hydrogen (secondary N) is 1. The molecule has 0 heterocycles. The van der Waals surface area contributed by atoms with E-state index >= 15 is 0 Å². The van der Waals surface area contributed by atoms with Gasteiger partial charge in [0.1, 0.15) is 11.8 Å². The highest BCUT2D eigenvalue weighted by Gasteiger charge is 2.22. The number of carboxylic acid groups (broad SMARTS) is 1. The molecule has 0 aliphatic heterocycles. The summed E-state index contributed by atoms with van der Waals surface area (Å²) in [5.41, 5.74) is 4.91. The molecule has 9 heteroatoms. The maximum atomic E-state index is 11.6. The van der Waals surface area contributed by atoms with E-state index in [4.69, 9.17) is 15.6 Å². The first kappa shape index (κ1) is 17.4. The second kappa shape index (κ2) is 7.99. The van der Waals surface area contributed by atoms with Gasteiger partial charge in [-0.1, -0.05) is 15.9 Å². The molecule has 7 nitrogen and oxygen atoms in total. The van der Waals surface area contributed by atoms with E-state index in [-0.39, 0.29) is 6.61 Å². The van der Waals surface area contributed by atoms with Gasteiger partial charge in [-0.15, -0.1) is 0 Å². The van der Waals surface area contributed by atoms with Crippen molar-refractivity contribution in [1.29, 1.82) is 0 Å². The Morgan fingerprint density at radius 2 is 2.00 bits per heavy atom. The highest BCUT2D eigenvalue weighted by Crippen LogP contribution is 2.28. The highest BCUT2D eigenvalue weighted by molar-refractivity contribution is 9.11. The van der Waals surface area contributed by atoms with Crippen LogP contribution in [0.2, 0.25) is 0 Å². The summed E-state index contributed by atoms with van der Waals surface area (Å²) in [6, 6.07) is 3.73. The van der Waals surface area contributed by atoms with Crippen molar-refractivity contribution in [1.82, 2.24) is 5.32 Å². The summed E-state index contributed by atoms with van der Waals surface area (Å²) in [6.45, 7) is -0.386. The zero-order valence-corrected chi connectivity index (χ0v) is 13.8. The van der Waals surface area contributed by atoms with E-state index < -0.39 is 30.2 Å². The lowest BCUT2D eigenvalue weighted by atomic mass is 10.2. The fraction of sp³-hybridized carbons (Fsp3) is 0.250. The van der Waals surface area contributed by atoms with Gasteiger partial charge in [0, 0.05) is 4.47 Å². The van der Waals surface area contributed by atoms with Gasteiger partial charge in [-0.2, -0.15) is 0 Å². The standard InChI is InChI=1S/C12H12Br2N2O5/c13-6-1-2-9(7(14)3-6)21-5-11(18)16-8(12(19)20)4-10(15)17/h1-3,8H,4-5H2,(H2,15,17)(H,16,18)(H,19,20). The van der Waals surface area contributed by atoms with Crippen molar-refractivity contribution in [3.05, 3.63) is 27.1 Å². The number of primary amides is 1. The predicted octanol–water partition coefficient (Wildman–Crippen LogP) is 1.04. The second-order valence-corrected chi connectivity index (χ2v) is 5.76. The van der Waals surface area contributed by atoms with Gasteiger partial charge in [-0.25, -0.2) is 4.79 Å². The van der Waals surface area contributed by atoms with Crippen molar-refractivity contribution in [3.63, 3.8) is 0 Å². The van der Waals surface area contributed by atoms with Crippen LogP contribution in [0.1, 0.15) is 6.42 Å². The molecule has 1 unspecified atom stereocenters. The zero-order chi connectivity index (χ0) is 16.0. The molecule has 1 rings (SSSR count). The molecule has 0 fully saturated rings. The number of hydrogen-bond acceptors (Lipinski definition) is 4. The fourth-order valence-electron chi connectivity index (χ4n) is 1.37. The van der Waals surface area contributed by atoms with Crippen molar-refractivity contribution in [2.45, 2.75) is 12.5 Å². The summed E-state index contributed by atoms with van der Waals surface area (Å²) in [5.74, 6) is -2.40. The van der Waals surface area contributed by atoms with Gasteiger partial charge in [0.05, 0.1) is 10.9 Å². The maximum absolute atomic E-state index is 11.6. The first-order valence-corrected chi connectivity index (χ1v) is 7.26. The molecule has 21 heavy (non-hydrogen) atoms.